The van der Waals surface area contributed by atoms with E-state index in [2.05, 4.69) is 5.32 Å². The molecule has 1 aliphatic heterocycles. The molecular formula is C15H16F3NO5S. The number of fused-ring (bicyclic) bond motifs is 1. The van der Waals surface area contributed by atoms with Crippen LogP contribution in [0.5, 0.6) is 11.5 Å². The van der Waals surface area contributed by atoms with E-state index in [9.17, 15) is 26.4 Å². The summed E-state index contributed by atoms with van der Waals surface area (Å²) in [5, 5.41) is 2.44. The van der Waals surface area contributed by atoms with Crippen molar-refractivity contribution < 1.29 is 35.3 Å². The van der Waals surface area contributed by atoms with Crippen LogP contribution in [0.2, 0.25) is 0 Å². The van der Waals surface area contributed by atoms with Gasteiger partial charge in [-0.15, -0.1) is 0 Å². The van der Waals surface area contributed by atoms with E-state index in [1.165, 1.54) is 32.2 Å². The molecule has 1 aliphatic rings. The van der Waals surface area contributed by atoms with Gasteiger partial charge < -0.3 is 14.2 Å². The zero-order chi connectivity index (χ0) is 18.8. The third kappa shape index (κ3) is 4.88. The van der Waals surface area contributed by atoms with Crippen molar-refractivity contribution in [2.75, 3.05) is 19.4 Å². The fourth-order valence-corrected chi connectivity index (χ4v) is 3.22. The summed E-state index contributed by atoms with van der Waals surface area (Å²) in [7, 11) is -2.92. The quantitative estimate of drug-likeness (QED) is 0.626. The van der Waals surface area contributed by atoms with Gasteiger partial charge in [-0.2, -0.15) is 21.6 Å². The molecule has 0 bridgehead atoms. The largest absolute Gasteiger partial charge is 0.488 e. The number of nitrogens with one attached hydrogen (secondary N) is 1. The molecular weight excluding hydrogens is 363 g/mol. The van der Waals surface area contributed by atoms with E-state index in [0.29, 0.717) is 22.4 Å². The molecule has 1 aromatic rings. The molecule has 10 heteroatoms. The van der Waals surface area contributed by atoms with Crippen molar-refractivity contribution in [2.45, 2.75) is 19.5 Å². The Morgan fingerprint density at radius 2 is 2.08 bits per heavy atom. The summed E-state index contributed by atoms with van der Waals surface area (Å²) in [5.74, 6) is -1.27. The molecule has 25 heavy (non-hydrogen) atoms. The predicted molar refractivity (Wildman–Crippen MR) is 83.8 cm³/mol. The minimum atomic E-state index is -4.59. The first kappa shape index (κ1) is 19.1. The zero-order valence-electron chi connectivity index (χ0n) is 13.4. The molecule has 0 aromatic heterocycles. The van der Waals surface area contributed by atoms with E-state index in [0.717, 1.165) is 0 Å². The van der Waals surface area contributed by atoms with Gasteiger partial charge in [0.25, 0.3) is 0 Å². The number of carbonyl (C=O) groups is 1. The van der Waals surface area contributed by atoms with Crippen LogP contribution in [0.25, 0.3) is 5.57 Å². The molecule has 2 rings (SSSR count). The summed E-state index contributed by atoms with van der Waals surface area (Å²) < 4.78 is 70.2. The van der Waals surface area contributed by atoms with Crippen LogP contribution >= 0.6 is 0 Å². The molecule has 1 aromatic carbocycles. The molecule has 0 atom stereocenters. The van der Waals surface area contributed by atoms with Gasteiger partial charge in [0.1, 0.15) is 18.1 Å². The second kappa shape index (κ2) is 6.95. The van der Waals surface area contributed by atoms with Crippen LogP contribution in [0.3, 0.4) is 0 Å². The number of likely N-dealkylation sites (N-methyl/N-ethyl adjacent to an activating group) is 1. The van der Waals surface area contributed by atoms with Gasteiger partial charge in [0.15, 0.2) is 0 Å². The Morgan fingerprint density at radius 3 is 2.68 bits per heavy atom. The van der Waals surface area contributed by atoms with Gasteiger partial charge in [-0.25, -0.2) is 0 Å². The summed E-state index contributed by atoms with van der Waals surface area (Å²) in [4.78, 5) is 11.4. The van der Waals surface area contributed by atoms with Crippen LogP contribution in [-0.4, -0.2) is 39.9 Å². The minimum Gasteiger partial charge on any atom is -0.488 e. The predicted octanol–water partition coefficient (Wildman–Crippen LogP) is 2.18. The lowest BCUT2D eigenvalue weighted by Crippen LogP contribution is -2.20. The summed E-state index contributed by atoms with van der Waals surface area (Å²) in [6, 6.07) is 2.82. The van der Waals surface area contributed by atoms with E-state index >= 15 is 0 Å². The molecule has 1 amide bonds. The van der Waals surface area contributed by atoms with Gasteiger partial charge in [-0.1, -0.05) is 0 Å². The van der Waals surface area contributed by atoms with Crippen LogP contribution < -0.4 is 14.2 Å². The Hall–Kier alpha value is -2.23. The van der Waals surface area contributed by atoms with Crippen molar-refractivity contribution in [3.8, 4) is 11.5 Å². The maximum Gasteiger partial charge on any atom is 0.390 e. The van der Waals surface area contributed by atoms with Crippen molar-refractivity contribution in [1.29, 1.82) is 0 Å². The van der Waals surface area contributed by atoms with E-state index in [1.807, 2.05) is 0 Å². The van der Waals surface area contributed by atoms with Crippen molar-refractivity contribution in [2.24, 2.45) is 0 Å². The lowest BCUT2D eigenvalue weighted by atomic mass is 10.0. The second-order valence-corrected chi connectivity index (χ2v) is 7.04. The SMILES string of the molecule is CNC(=O)/C=C1/COc2c1ccc(OS(=O)(=O)CCC(F)(F)F)c2C. The highest BCUT2D eigenvalue weighted by Crippen LogP contribution is 2.40. The van der Waals surface area contributed by atoms with Crippen LogP contribution in [0.1, 0.15) is 17.5 Å². The molecule has 138 valence electrons. The first-order chi connectivity index (χ1) is 11.5. The van der Waals surface area contributed by atoms with Crippen molar-refractivity contribution >= 4 is 21.6 Å². The minimum absolute atomic E-state index is 0.109. The van der Waals surface area contributed by atoms with Gasteiger partial charge in [-0.05, 0) is 19.1 Å². The number of halogens is 3. The zero-order valence-corrected chi connectivity index (χ0v) is 14.3. The Labute approximate surface area is 142 Å². The Kier molecular flexibility index (Phi) is 5.31. The topological polar surface area (TPSA) is 81.7 Å². The Bertz CT molecular complexity index is 815. The van der Waals surface area contributed by atoms with Crippen molar-refractivity contribution in [3.05, 3.63) is 29.3 Å². The number of amides is 1. The summed E-state index contributed by atoms with van der Waals surface area (Å²) >= 11 is 0. The molecule has 0 saturated heterocycles. The average molecular weight is 379 g/mol. The average Bonchev–Trinajstić information content (AvgIpc) is 2.91. The number of benzene rings is 1. The number of alkyl halides is 3. The molecule has 0 unspecified atom stereocenters. The lowest BCUT2D eigenvalue weighted by Gasteiger charge is -2.12. The van der Waals surface area contributed by atoms with Crippen LogP contribution in [0.4, 0.5) is 13.2 Å². The molecule has 0 saturated carbocycles. The van der Waals surface area contributed by atoms with E-state index in [4.69, 9.17) is 8.92 Å². The van der Waals surface area contributed by atoms with Crippen molar-refractivity contribution in [1.82, 2.24) is 5.32 Å². The highest BCUT2D eigenvalue weighted by Gasteiger charge is 2.31. The highest BCUT2D eigenvalue weighted by molar-refractivity contribution is 7.87. The van der Waals surface area contributed by atoms with E-state index in [-0.39, 0.29) is 18.3 Å². The second-order valence-electron chi connectivity index (χ2n) is 5.35. The standard InChI is InChI=1S/C15H16F3NO5S/c1-9-12(24-25(21,22)6-5-15(16,17)18)4-3-11-10(7-13(20)19-2)8-23-14(9)11/h3-4,7H,5-6,8H2,1-2H3,(H,19,20)/b10-7-. The van der Waals surface area contributed by atoms with Crippen LogP contribution in [-0.2, 0) is 14.9 Å². The molecule has 6 nitrogen and oxygen atoms in total. The number of carbonyl (C=O) groups excluding carboxylic acids is 1. The lowest BCUT2D eigenvalue weighted by molar-refractivity contribution is -0.130. The number of hydrogen-bond acceptors (Lipinski definition) is 5. The summed E-state index contributed by atoms with van der Waals surface area (Å²) in [5.41, 5.74) is 1.53. The van der Waals surface area contributed by atoms with E-state index < -0.39 is 28.5 Å². The fraction of sp³-hybridized carbons (Fsp3) is 0.400. The Balaban J connectivity index is 2.24. The van der Waals surface area contributed by atoms with Gasteiger partial charge >= 0.3 is 16.3 Å². The van der Waals surface area contributed by atoms with Crippen LogP contribution in [0.15, 0.2) is 18.2 Å². The molecule has 0 spiro atoms. The summed E-state index contributed by atoms with van der Waals surface area (Å²) in [6.07, 6.45) is -4.73. The normalized spacial score (nSPS) is 15.6. The van der Waals surface area contributed by atoms with Gasteiger partial charge in [-0.3, -0.25) is 4.79 Å². The summed E-state index contributed by atoms with van der Waals surface area (Å²) in [6.45, 7) is 1.64. The maximum absolute atomic E-state index is 12.2. The van der Waals surface area contributed by atoms with E-state index in [1.54, 1.807) is 0 Å². The fourth-order valence-electron chi connectivity index (χ4n) is 2.20. The molecule has 0 radical (unpaired) electrons. The Morgan fingerprint density at radius 1 is 1.40 bits per heavy atom. The van der Waals surface area contributed by atoms with Gasteiger partial charge in [0.05, 0.1) is 12.2 Å². The highest BCUT2D eigenvalue weighted by atomic mass is 32.2. The molecule has 0 aliphatic carbocycles. The molecule has 0 fully saturated rings. The third-order valence-electron chi connectivity index (χ3n) is 3.48. The monoisotopic (exact) mass is 379 g/mol. The number of hydrogen-bond donors (Lipinski definition) is 1. The molecule has 1 N–H and O–H groups in total. The van der Waals surface area contributed by atoms with Gasteiger partial charge in [0.2, 0.25) is 5.91 Å². The molecule has 1 heterocycles. The first-order valence-corrected chi connectivity index (χ1v) is 8.78. The first-order valence-electron chi connectivity index (χ1n) is 7.20. The maximum atomic E-state index is 12.2. The third-order valence-corrected chi connectivity index (χ3v) is 4.62. The van der Waals surface area contributed by atoms with Gasteiger partial charge in [0, 0.05) is 29.8 Å². The number of ether oxygens (including phenoxy) is 1. The smallest absolute Gasteiger partial charge is 0.390 e. The van der Waals surface area contributed by atoms with Crippen LogP contribution in [0, 0.1) is 6.92 Å². The van der Waals surface area contributed by atoms with Crippen molar-refractivity contribution in [3.63, 3.8) is 0 Å². The number of rotatable bonds is 5.